The van der Waals surface area contributed by atoms with Gasteiger partial charge in [-0.15, -0.1) is 0 Å². The number of hydrogen-bond acceptors (Lipinski definition) is 7. The number of aromatic nitrogens is 2. The van der Waals surface area contributed by atoms with E-state index in [1.165, 1.54) is 0 Å². The first kappa shape index (κ1) is 21.8. The molecule has 1 aliphatic rings. The van der Waals surface area contributed by atoms with Gasteiger partial charge in [0.15, 0.2) is 0 Å². The van der Waals surface area contributed by atoms with Gasteiger partial charge in [0, 0.05) is 32.8 Å². The molecule has 2 aromatic rings. The smallest absolute Gasteiger partial charge is 0.227 e. The number of amides is 1. The van der Waals surface area contributed by atoms with E-state index in [1.54, 1.807) is 26.2 Å². The van der Waals surface area contributed by atoms with Gasteiger partial charge in [0.25, 0.3) is 0 Å². The molecule has 0 aliphatic carbocycles. The molecule has 1 N–H and O–H groups in total. The molecule has 1 atom stereocenters. The molecular weight excluding hydrogens is 382 g/mol. The van der Waals surface area contributed by atoms with Gasteiger partial charge in [0.1, 0.15) is 23.1 Å². The summed E-state index contributed by atoms with van der Waals surface area (Å²) in [6.07, 6.45) is 2.37. The molecule has 162 valence electrons. The van der Waals surface area contributed by atoms with E-state index in [9.17, 15) is 4.79 Å². The summed E-state index contributed by atoms with van der Waals surface area (Å²) in [6.45, 7) is 1.39. The van der Waals surface area contributed by atoms with E-state index in [-0.39, 0.29) is 18.4 Å². The van der Waals surface area contributed by atoms with Crippen molar-refractivity contribution in [3.8, 4) is 11.5 Å². The van der Waals surface area contributed by atoms with Crippen LogP contribution in [0.5, 0.6) is 11.5 Å². The van der Waals surface area contributed by atoms with Crippen LogP contribution in [0.2, 0.25) is 0 Å². The summed E-state index contributed by atoms with van der Waals surface area (Å²) in [5.74, 6) is 2.99. The lowest BCUT2D eigenvalue weighted by atomic mass is 10.1. The highest BCUT2D eigenvalue weighted by atomic mass is 16.5. The van der Waals surface area contributed by atoms with E-state index in [4.69, 9.17) is 19.4 Å². The van der Waals surface area contributed by atoms with Gasteiger partial charge in [-0.2, -0.15) is 0 Å². The van der Waals surface area contributed by atoms with Crippen LogP contribution in [0, 0.1) is 0 Å². The van der Waals surface area contributed by atoms with Crippen molar-refractivity contribution < 1.29 is 14.3 Å². The number of carbonyl (C=O) groups is 1. The molecule has 1 aliphatic heterocycles. The SMILES string of the molecule is COc1ccc(OC)c(CC(=O)N(C)Cc2cc(N(C)C)nc(C3CCCN3)n2)c1. The van der Waals surface area contributed by atoms with Crippen LogP contribution in [0.25, 0.3) is 0 Å². The topological polar surface area (TPSA) is 79.8 Å². The van der Waals surface area contributed by atoms with Gasteiger partial charge in [-0.05, 0) is 37.6 Å². The number of methoxy groups -OCH3 is 2. The van der Waals surface area contributed by atoms with Gasteiger partial charge in [0.2, 0.25) is 5.91 Å². The standard InChI is InChI=1S/C22H31N5O3/c1-26(2)20-13-16(24-22(25-20)18-7-6-10-23-18)14-27(3)21(28)12-15-11-17(29-4)8-9-19(15)30-5/h8-9,11,13,18,23H,6-7,10,12,14H2,1-5H3. The molecule has 3 rings (SSSR count). The number of ether oxygens (including phenoxy) is 2. The molecule has 1 aromatic heterocycles. The number of benzene rings is 1. The molecule has 0 radical (unpaired) electrons. The maximum atomic E-state index is 12.9. The molecular formula is C22H31N5O3. The quantitative estimate of drug-likeness (QED) is 0.711. The number of carbonyl (C=O) groups excluding carboxylic acids is 1. The number of nitrogens with zero attached hydrogens (tertiary/aromatic N) is 4. The first-order valence-electron chi connectivity index (χ1n) is 10.1. The second-order valence-electron chi connectivity index (χ2n) is 7.72. The van der Waals surface area contributed by atoms with Crippen molar-refractivity contribution in [3.05, 3.63) is 41.3 Å². The first-order valence-corrected chi connectivity index (χ1v) is 10.1. The molecule has 0 spiro atoms. The monoisotopic (exact) mass is 413 g/mol. The number of anilines is 1. The van der Waals surface area contributed by atoms with Crippen molar-refractivity contribution in [2.24, 2.45) is 0 Å². The van der Waals surface area contributed by atoms with Crippen LogP contribution in [0.15, 0.2) is 24.3 Å². The summed E-state index contributed by atoms with van der Waals surface area (Å²) in [6, 6.07) is 7.58. The van der Waals surface area contributed by atoms with Crippen molar-refractivity contribution in [3.63, 3.8) is 0 Å². The van der Waals surface area contributed by atoms with E-state index in [0.29, 0.717) is 18.0 Å². The van der Waals surface area contributed by atoms with E-state index >= 15 is 0 Å². The van der Waals surface area contributed by atoms with Gasteiger partial charge in [0.05, 0.1) is 38.9 Å². The molecule has 0 bridgehead atoms. The van der Waals surface area contributed by atoms with Crippen LogP contribution in [0.4, 0.5) is 5.82 Å². The first-order chi connectivity index (χ1) is 14.4. The Hall–Kier alpha value is -2.87. The molecule has 1 saturated heterocycles. The summed E-state index contributed by atoms with van der Waals surface area (Å²) in [7, 11) is 8.92. The number of nitrogens with one attached hydrogen (secondary N) is 1. The molecule has 1 unspecified atom stereocenters. The fraction of sp³-hybridized carbons (Fsp3) is 0.500. The van der Waals surface area contributed by atoms with Crippen LogP contribution < -0.4 is 19.7 Å². The van der Waals surface area contributed by atoms with Crippen molar-refractivity contribution in [1.82, 2.24) is 20.2 Å². The maximum Gasteiger partial charge on any atom is 0.227 e. The number of hydrogen-bond donors (Lipinski definition) is 1. The van der Waals surface area contributed by atoms with Gasteiger partial charge in [-0.3, -0.25) is 4.79 Å². The third-order valence-electron chi connectivity index (χ3n) is 5.27. The highest BCUT2D eigenvalue weighted by Gasteiger charge is 2.22. The third-order valence-corrected chi connectivity index (χ3v) is 5.27. The molecule has 1 amide bonds. The largest absolute Gasteiger partial charge is 0.497 e. The van der Waals surface area contributed by atoms with Gasteiger partial charge in [-0.1, -0.05) is 0 Å². The molecule has 8 heteroatoms. The zero-order chi connectivity index (χ0) is 21.7. The van der Waals surface area contributed by atoms with Crippen molar-refractivity contribution in [2.75, 3.05) is 46.8 Å². The second kappa shape index (κ2) is 9.75. The maximum absolute atomic E-state index is 12.9. The Morgan fingerprint density at radius 3 is 2.60 bits per heavy atom. The van der Waals surface area contributed by atoms with Gasteiger partial charge in [-0.25, -0.2) is 9.97 Å². The average molecular weight is 414 g/mol. The fourth-order valence-electron chi connectivity index (χ4n) is 3.52. The van der Waals surface area contributed by atoms with Gasteiger partial charge >= 0.3 is 0 Å². The van der Waals surface area contributed by atoms with E-state index in [2.05, 4.69) is 5.32 Å². The van der Waals surface area contributed by atoms with Gasteiger partial charge < -0.3 is 24.6 Å². The van der Waals surface area contributed by atoms with E-state index < -0.39 is 0 Å². The molecule has 8 nitrogen and oxygen atoms in total. The van der Waals surface area contributed by atoms with Crippen molar-refractivity contribution >= 4 is 11.7 Å². The minimum Gasteiger partial charge on any atom is -0.497 e. The van der Waals surface area contributed by atoms with Crippen LogP contribution in [-0.2, 0) is 17.8 Å². The molecule has 30 heavy (non-hydrogen) atoms. The van der Waals surface area contributed by atoms with E-state index in [1.807, 2.05) is 43.3 Å². The molecule has 1 fully saturated rings. The van der Waals surface area contributed by atoms with Crippen LogP contribution in [0.1, 0.15) is 36.0 Å². The second-order valence-corrected chi connectivity index (χ2v) is 7.72. The lowest BCUT2D eigenvalue weighted by molar-refractivity contribution is -0.129. The third kappa shape index (κ3) is 5.18. The van der Waals surface area contributed by atoms with Crippen molar-refractivity contribution in [2.45, 2.75) is 31.8 Å². The summed E-state index contributed by atoms with van der Waals surface area (Å²) in [4.78, 5) is 26.0. The molecule has 2 heterocycles. The minimum absolute atomic E-state index is 0.0212. The number of likely N-dealkylation sites (N-methyl/N-ethyl adjacent to an activating group) is 1. The zero-order valence-corrected chi connectivity index (χ0v) is 18.4. The minimum atomic E-state index is -0.0212. The van der Waals surface area contributed by atoms with E-state index in [0.717, 1.165) is 42.3 Å². The Bertz CT molecular complexity index is 881. The Morgan fingerprint density at radius 1 is 1.17 bits per heavy atom. The van der Waals surface area contributed by atoms with Crippen molar-refractivity contribution in [1.29, 1.82) is 0 Å². The molecule has 1 aromatic carbocycles. The summed E-state index contributed by atoms with van der Waals surface area (Å²) < 4.78 is 10.7. The van der Waals surface area contributed by atoms with Crippen LogP contribution in [-0.4, -0.2) is 62.7 Å². The molecule has 0 saturated carbocycles. The normalized spacial score (nSPS) is 15.7. The lowest BCUT2D eigenvalue weighted by Crippen LogP contribution is -2.29. The Labute approximate surface area is 178 Å². The predicted octanol–water partition coefficient (Wildman–Crippen LogP) is 2.19. The zero-order valence-electron chi connectivity index (χ0n) is 18.4. The Kier molecular flexibility index (Phi) is 7.10. The number of rotatable bonds is 8. The summed E-state index contributed by atoms with van der Waals surface area (Å²) in [5.41, 5.74) is 1.62. The average Bonchev–Trinajstić information content (AvgIpc) is 3.28. The lowest BCUT2D eigenvalue weighted by Gasteiger charge is -2.21. The van der Waals surface area contributed by atoms with Crippen LogP contribution >= 0.6 is 0 Å². The summed E-state index contributed by atoms with van der Waals surface area (Å²) in [5, 5.41) is 3.45. The fourth-order valence-corrected chi connectivity index (χ4v) is 3.52. The highest BCUT2D eigenvalue weighted by Crippen LogP contribution is 2.25. The Balaban J connectivity index is 1.76. The Morgan fingerprint density at radius 2 is 1.97 bits per heavy atom. The predicted molar refractivity (Wildman–Crippen MR) is 116 cm³/mol. The highest BCUT2D eigenvalue weighted by molar-refractivity contribution is 5.79. The summed E-state index contributed by atoms with van der Waals surface area (Å²) >= 11 is 0. The van der Waals surface area contributed by atoms with Crippen LogP contribution in [0.3, 0.4) is 0 Å².